The van der Waals surface area contributed by atoms with Crippen LogP contribution in [-0.2, 0) is 16.0 Å². The Morgan fingerprint density at radius 3 is 2.19 bits per heavy atom. The van der Waals surface area contributed by atoms with Crippen LogP contribution >= 0.6 is 31.9 Å². The molecule has 0 aliphatic carbocycles. The molecule has 0 atom stereocenters. The molecule has 134 valence electrons. The maximum atomic E-state index is 12.5. The molecule has 0 aliphatic heterocycles. The van der Waals surface area contributed by atoms with Crippen molar-refractivity contribution in [2.24, 2.45) is 0 Å². The van der Waals surface area contributed by atoms with Crippen LogP contribution in [0.4, 0.5) is 0 Å². The summed E-state index contributed by atoms with van der Waals surface area (Å²) in [4.78, 5) is 25.0. The number of ether oxygens (including phenoxy) is 2. The average molecular weight is 481 g/mol. The fourth-order valence-electron chi connectivity index (χ4n) is 2.89. The topological polar surface area (TPSA) is 57.5 Å². The first-order chi connectivity index (χ1) is 12.5. The van der Waals surface area contributed by atoms with Crippen molar-refractivity contribution >= 4 is 54.7 Å². The normalized spacial score (nSPS) is 10.8. The molecule has 0 N–H and O–H groups in total. The van der Waals surface area contributed by atoms with Gasteiger partial charge in [0.05, 0.1) is 19.7 Å². The number of fused-ring (bicyclic) bond motifs is 1. The van der Waals surface area contributed by atoms with Crippen molar-refractivity contribution in [2.45, 2.75) is 6.54 Å². The summed E-state index contributed by atoms with van der Waals surface area (Å²) in [5.41, 5.74) is 2.08. The lowest BCUT2D eigenvalue weighted by Crippen LogP contribution is -2.16. The summed E-state index contributed by atoms with van der Waals surface area (Å²) in [5, 5.41) is 0.614. The molecule has 0 spiro atoms. The van der Waals surface area contributed by atoms with Crippen LogP contribution < -0.4 is 0 Å². The van der Waals surface area contributed by atoms with E-state index < -0.39 is 11.9 Å². The van der Waals surface area contributed by atoms with Crippen LogP contribution in [-0.4, -0.2) is 30.7 Å². The van der Waals surface area contributed by atoms with E-state index in [-0.39, 0.29) is 11.3 Å². The van der Waals surface area contributed by atoms with E-state index in [1.54, 1.807) is 10.6 Å². The predicted octanol–water partition coefficient (Wildman–Crippen LogP) is 4.79. The zero-order valence-electron chi connectivity index (χ0n) is 14.1. The van der Waals surface area contributed by atoms with Gasteiger partial charge in [0, 0.05) is 20.9 Å². The summed E-state index contributed by atoms with van der Waals surface area (Å²) in [6.45, 7) is 0.410. The van der Waals surface area contributed by atoms with Crippen molar-refractivity contribution in [1.29, 1.82) is 0 Å². The van der Waals surface area contributed by atoms with Crippen LogP contribution in [0, 0.1) is 0 Å². The third-order valence-corrected chi connectivity index (χ3v) is 5.90. The lowest BCUT2D eigenvalue weighted by Gasteiger charge is -2.11. The number of hydrogen-bond donors (Lipinski definition) is 0. The van der Waals surface area contributed by atoms with Crippen molar-refractivity contribution in [3.05, 3.63) is 68.2 Å². The number of nitrogens with zero attached hydrogens (tertiary/aromatic N) is 1. The van der Waals surface area contributed by atoms with E-state index in [2.05, 4.69) is 31.9 Å². The number of methoxy groups -OCH3 is 2. The second-order valence-corrected chi connectivity index (χ2v) is 7.27. The van der Waals surface area contributed by atoms with Gasteiger partial charge in [-0.2, -0.15) is 0 Å². The van der Waals surface area contributed by atoms with Crippen LogP contribution in [0.25, 0.3) is 10.9 Å². The molecule has 2 aromatic carbocycles. The van der Waals surface area contributed by atoms with Gasteiger partial charge in [-0.1, -0.05) is 30.3 Å². The van der Waals surface area contributed by atoms with Gasteiger partial charge in [0.2, 0.25) is 0 Å². The van der Waals surface area contributed by atoms with Gasteiger partial charge in [-0.3, -0.25) is 0 Å². The van der Waals surface area contributed by atoms with Gasteiger partial charge >= 0.3 is 11.9 Å². The highest BCUT2D eigenvalue weighted by atomic mass is 79.9. The number of halogens is 2. The van der Waals surface area contributed by atoms with E-state index >= 15 is 0 Å². The minimum Gasteiger partial charge on any atom is -0.465 e. The molecule has 0 unspecified atom stereocenters. The molecule has 1 heterocycles. The number of benzene rings is 2. The van der Waals surface area contributed by atoms with E-state index in [9.17, 15) is 9.59 Å². The van der Waals surface area contributed by atoms with Gasteiger partial charge in [-0.25, -0.2) is 9.59 Å². The fourth-order valence-corrected chi connectivity index (χ4v) is 3.57. The zero-order valence-corrected chi connectivity index (χ0v) is 17.3. The van der Waals surface area contributed by atoms with E-state index in [1.807, 2.05) is 36.4 Å². The highest BCUT2D eigenvalue weighted by molar-refractivity contribution is 9.13. The maximum Gasteiger partial charge on any atom is 0.355 e. The van der Waals surface area contributed by atoms with Crippen LogP contribution in [0.5, 0.6) is 0 Å². The third kappa shape index (κ3) is 3.29. The Morgan fingerprint density at radius 1 is 0.962 bits per heavy atom. The minimum atomic E-state index is -0.593. The van der Waals surface area contributed by atoms with Gasteiger partial charge in [-0.15, -0.1) is 0 Å². The second-order valence-electron chi connectivity index (χ2n) is 5.56. The molecule has 0 bridgehead atoms. The van der Waals surface area contributed by atoms with Crippen molar-refractivity contribution in [3.8, 4) is 0 Å². The minimum absolute atomic E-state index is 0.170. The van der Waals surface area contributed by atoms with E-state index in [0.29, 0.717) is 11.9 Å². The van der Waals surface area contributed by atoms with Gasteiger partial charge < -0.3 is 14.0 Å². The number of esters is 2. The molecule has 0 saturated heterocycles. The SMILES string of the molecule is COC(=O)c1c(C(=O)OC)n(Cc2ccccc2)c2cc(Br)c(Br)cc12. The quantitative estimate of drug-likeness (QED) is 0.504. The highest BCUT2D eigenvalue weighted by Gasteiger charge is 2.29. The molecule has 0 aliphatic rings. The summed E-state index contributed by atoms with van der Waals surface area (Å²) >= 11 is 6.94. The van der Waals surface area contributed by atoms with Gasteiger partial charge in [-0.05, 0) is 49.6 Å². The summed E-state index contributed by atoms with van der Waals surface area (Å²) < 4.78 is 13.2. The molecule has 5 nitrogen and oxygen atoms in total. The van der Waals surface area contributed by atoms with Crippen LogP contribution in [0.2, 0.25) is 0 Å². The highest BCUT2D eigenvalue weighted by Crippen LogP contribution is 2.35. The molecule has 0 fully saturated rings. The molecule has 3 rings (SSSR count). The number of carbonyl (C=O) groups excluding carboxylic acids is 2. The molecule has 7 heteroatoms. The number of aromatic nitrogens is 1. The predicted molar refractivity (Wildman–Crippen MR) is 106 cm³/mol. The molecule has 0 radical (unpaired) electrons. The molecule has 0 amide bonds. The molecule has 3 aromatic rings. The summed E-state index contributed by atoms with van der Waals surface area (Å²) in [7, 11) is 2.58. The molecule has 26 heavy (non-hydrogen) atoms. The molecule has 1 aromatic heterocycles. The number of rotatable bonds is 4. The van der Waals surface area contributed by atoms with Crippen LogP contribution in [0.15, 0.2) is 51.4 Å². The first kappa shape index (κ1) is 18.7. The number of carbonyl (C=O) groups is 2. The zero-order chi connectivity index (χ0) is 18.8. The van der Waals surface area contributed by atoms with Crippen molar-refractivity contribution < 1.29 is 19.1 Å². The van der Waals surface area contributed by atoms with Crippen molar-refractivity contribution in [2.75, 3.05) is 14.2 Å². The molecular formula is C19H15Br2NO4. The maximum absolute atomic E-state index is 12.5. The number of hydrogen-bond acceptors (Lipinski definition) is 4. The van der Waals surface area contributed by atoms with Crippen LogP contribution in [0.1, 0.15) is 26.4 Å². The summed E-state index contributed by atoms with van der Waals surface area (Å²) in [6.07, 6.45) is 0. The summed E-state index contributed by atoms with van der Waals surface area (Å²) in [6, 6.07) is 13.3. The Morgan fingerprint density at radius 2 is 1.58 bits per heavy atom. The Bertz CT molecular complexity index is 996. The Balaban J connectivity index is 2.37. The molecule has 0 saturated carbocycles. The standard InChI is InChI=1S/C19H15Br2NO4/c1-25-18(23)16-12-8-13(20)14(21)9-15(12)22(17(16)19(24)26-2)10-11-6-4-3-5-7-11/h3-9H,10H2,1-2H3. The monoisotopic (exact) mass is 479 g/mol. The first-order valence-electron chi connectivity index (χ1n) is 7.69. The Hall–Kier alpha value is -2.12. The third-order valence-electron chi connectivity index (χ3n) is 4.06. The lowest BCUT2D eigenvalue weighted by molar-refractivity contribution is 0.0549. The molecular weight excluding hydrogens is 466 g/mol. The van der Waals surface area contributed by atoms with Crippen LogP contribution in [0.3, 0.4) is 0 Å². The Kier molecular flexibility index (Phi) is 5.48. The van der Waals surface area contributed by atoms with E-state index in [4.69, 9.17) is 9.47 Å². The smallest absolute Gasteiger partial charge is 0.355 e. The fraction of sp³-hybridized carbons (Fsp3) is 0.158. The first-order valence-corrected chi connectivity index (χ1v) is 9.28. The Labute approximate surface area is 167 Å². The lowest BCUT2D eigenvalue weighted by atomic mass is 10.1. The summed E-state index contributed by atoms with van der Waals surface area (Å²) in [5.74, 6) is -1.18. The largest absolute Gasteiger partial charge is 0.465 e. The second kappa shape index (κ2) is 7.63. The van der Waals surface area contributed by atoms with Crippen molar-refractivity contribution in [1.82, 2.24) is 4.57 Å². The van der Waals surface area contributed by atoms with Crippen molar-refractivity contribution in [3.63, 3.8) is 0 Å². The van der Waals surface area contributed by atoms with E-state index in [1.165, 1.54) is 14.2 Å². The van der Waals surface area contributed by atoms with E-state index in [0.717, 1.165) is 20.0 Å². The van der Waals surface area contributed by atoms with Gasteiger partial charge in [0.15, 0.2) is 0 Å². The average Bonchev–Trinajstić information content (AvgIpc) is 2.95. The van der Waals surface area contributed by atoms with Gasteiger partial charge in [0.25, 0.3) is 0 Å². The van der Waals surface area contributed by atoms with Gasteiger partial charge in [0.1, 0.15) is 11.3 Å².